The molecule has 102 valence electrons. The molecule has 6 nitrogen and oxygen atoms in total. The predicted molar refractivity (Wildman–Crippen MR) is 69.8 cm³/mol. The summed E-state index contributed by atoms with van der Waals surface area (Å²) < 4.78 is 5.03. The van der Waals surface area contributed by atoms with Gasteiger partial charge in [-0.05, 0) is 19.8 Å². The lowest BCUT2D eigenvalue weighted by Gasteiger charge is -2.02. The van der Waals surface area contributed by atoms with Crippen molar-refractivity contribution in [1.82, 2.24) is 20.7 Å². The molecule has 0 aliphatic rings. The third-order valence-corrected chi connectivity index (χ3v) is 3.05. The predicted octanol–water partition coefficient (Wildman–Crippen LogP) is 2.07. The van der Waals surface area contributed by atoms with Crippen molar-refractivity contribution >= 4 is 5.91 Å². The lowest BCUT2D eigenvalue weighted by molar-refractivity contribution is 0.0913. The molecule has 0 saturated heterocycles. The summed E-state index contributed by atoms with van der Waals surface area (Å²) >= 11 is 0. The second kappa shape index (κ2) is 5.26. The van der Waals surface area contributed by atoms with Gasteiger partial charge < -0.3 is 9.84 Å². The van der Waals surface area contributed by atoms with E-state index >= 15 is 0 Å². The molecule has 0 bridgehead atoms. The molecule has 0 saturated carbocycles. The van der Waals surface area contributed by atoms with Crippen LogP contribution in [-0.4, -0.2) is 21.3 Å². The highest BCUT2D eigenvalue weighted by molar-refractivity contribution is 5.91. The topological polar surface area (TPSA) is 83.8 Å². The lowest BCUT2D eigenvalue weighted by Crippen LogP contribution is -2.22. The van der Waals surface area contributed by atoms with Crippen LogP contribution < -0.4 is 5.32 Å². The van der Waals surface area contributed by atoms with Gasteiger partial charge in [0.05, 0.1) is 11.4 Å². The van der Waals surface area contributed by atoms with Crippen LogP contribution in [0.2, 0.25) is 0 Å². The van der Waals surface area contributed by atoms with Gasteiger partial charge in [-0.15, -0.1) is 0 Å². The van der Waals surface area contributed by atoms with Crippen molar-refractivity contribution in [1.29, 1.82) is 0 Å². The smallest absolute Gasteiger partial charge is 0.290 e. The number of amides is 1. The number of nitrogens with zero attached hydrogens (tertiary/aromatic N) is 2. The fourth-order valence-electron chi connectivity index (χ4n) is 1.76. The Balaban J connectivity index is 2.01. The normalized spacial score (nSPS) is 11.0. The Hall–Kier alpha value is -2.11. The van der Waals surface area contributed by atoms with Crippen LogP contribution in [0.5, 0.6) is 0 Å². The van der Waals surface area contributed by atoms with Crippen molar-refractivity contribution in [3.8, 4) is 0 Å². The largest absolute Gasteiger partial charge is 0.351 e. The Morgan fingerprint density at radius 2 is 2.21 bits per heavy atom. The second-order valence-electron chi connectivity index (χ2n) is 4.87. The van der Waals surface area contributed by atoms with Gasteiger partial charge in [0, 0.05) is 23.9 Å². The summed E-state index contributed by atoms with van der Waals surface area (Å²) in [7, 11) is 0. The summed E-state index contributed by atoms with van der Waals surface area (Å²) in [6, 6.07) is 1.68. The molecule has 1 amide bonds. The molecule has 0 fully saturated rings. The van der Waals surface area contributed by atoms with Crippen LogP contribution in [0.1, 0.15) is 53.0 Å². The molecule has 0 radical (unpaired) electrons. The van der Waals surface area contributed by atoms with E-state index in [2.05, 4.69) is 20.7 Å². The first-order valence-corrected chi connectivity index (χ1v) is 6.24. The van der Waals surface area contributed by atoms with Gasteiger partial charge in [0.15, 0.2) is 0 Å². The molecule has 2 aromatic heterocycles. The van der Waals surface area contributed by atoms with Crippen molar-refractivity contribution in [3.63, 3.8) is 0 Å². The zero-order valence-electron chi connectivity index (χ0n) is 11.6. The summed E-state index contributed by atoms with van der Waals surface area (Å²) in [6.07, 6.45) is 0. The molecule has 2 aromatic rings. The number of hydrogen-bond acceptors (Lipinski definition) is 4. The monoisotopic (exact) mass is 262 g/mol. The first-order chi connectivity index (χ1) is 8.99. The maximum absolute atomic E-state index is 11.9. The van der Waals surface area contributed by atoms with E-state index in [1.54, 1.807) is 6.07 Å². The molecule has 0 atom stereocenters. The zero-order valence-corrected chi connectivity index (χ0v) is 11.6. The van der Waals surface area contributed by atoms with Gasteiger partial charge in [-0.2, -0.15) is 5.10 Å². The first-order valence-electron chi connectivity index (χ1n) is 6.24. The quantitative estimate of drug-likeness (QED) is 0.883. The van der Waals surface area contributed by atoms with Gasteiger partial charge >= 0.3 is 0 Å². The minimum atomic E-state index is -0.264. The van der Waals surface area contributed by atoms with Gasteiger partial charge in [-0.1, -0.05) is 19.0 Å². The Morgan fingerprint density at radius 3 is 2.74 bits per heavy atom. The third kappa shape index (κ3) is 2.83. The summed E-state index contributed by atoms with van der Waals surface area (Å²) in [4.78, 5) is 11.9. The van der Waals surface area contributed by atoms with Crippen LogP contribution in [0.15, 0.2) is 10.6 Å². The Bertz CT molecular complexity index is 564. The molecule has 0 aliphatic heterocycles. The maximum Gasteiger partial charge on any atom is 0.290 e. The second-order valence-corrected chi connectivity index (χ2v) is 4.87. The highest BCUT2D eigenvalue weighted by Crippen LogP contribution is 2.14. The van der Waals surface area contributed by atoms with E-state index in [1.807, 2.05) is 27.7 Å². The molecule has 2 N–H and O–H groups in total. The number of aromatic amines is 1. The molecular weight excluding hydrogens is 244 g/mol. The van der Waals surface area contributed by atoms with Crippen LogP contribution in [0.3, 0.4) is 0 Å². The Kier molecular flexibility index (Phi) is 3.69. The zero-order chi connectivity index (χ0) is 14.0. The summed E-state index contributed by atoms with van der Waals surface area (Å²) in [6.45, 7) is 8.24. The Morgan fingerprint density at radius 1 is 1.47 bits per heavy atom. The lowest BCUT2D eigenvalue weighted by atomic mass is 10.1. The van der Waals surface area contributed by atoms with Gasteiger partial charge in [0.1, 0.15) is 0 Å². The average molecular weight is 262 g/mol. The fourth-order valence-corrected chi connectivity index (χ4v) is 1.76. The molecule has 2 heterocycles. The molecule has 0 aromatic carbocycles. The fraction of sp³-hybridized carbons (Fsp3) is 0.462. The number of hydrogen-bond donors (Lipinski definition) is 2. The molecule has 2 rings (SSSR count). The Labute approximate surface area is 111 Å². The van der Waals surface area contributed by atoms with E-state index in [0.29, 0.717) is 6.54 Å². The van der Waals surface area contributed by atoms with Crippen molar-refractivity contribution in [2.75, 3.05) is 0 Å². The van der Waals surface area contributed by atoms with E-state index in [0.717, 1.165) is 22.6 Å². The minimum Gasteiger partial charge on any atom is -0.351 e. The van der Waals surface area contributed by atoms with Crippen LogP contribution >= 0.6 is 0 Å². The third-order valence-electron chi connectivity index (χ3n) is 3.05. The minimum absolute atomic E-state index is 0.238. The number of aryl methyl sites for hydroxylation is 2. The van der Waals surface area contributed by atoms with E-state index < -0.39 is 0 Å². The maximum atomic E-state index is 11.9. The summed E-state index contributed by atoms with van der Waals surface area (Å²) in [5.41, 5.74) is 3.62. The van der Waals surface area contributed by atoms with Gasteiger partial charge in [-0.3, -0.25) is 9.89 Å². The van der Waals surface area contributed by atoms with Crippen LogP contribution in [0.4, 0.5) is 0 Å². The van der Waals surface area contributed by atoms with Crippen molar-refractivity contribution in [3.05, 3.63) is 34.5 Å². The number of H-pyrrole nitrogens is 1. The molecule has 0 spiro atoms. The SMILES string of the molecule is Cc1n[nH]c(C)c1CNC(=O)c1cc(C(C)C)no1. The highest BCUT2D eigenvalue weighted by atomic mass is 16.5. The van der Waals surface area contributed by atoms with Crippen molar-refractivity contribution < 1.29 is 9.32 Å². The molecule has 19 heavy (non-hydrogen) atoms. The number of carbonyl (C=O) groups excluding carboxylic acids is 1. The van der Waals surface area contributed by atoms with Gasteiger partial charge in [0.2, 0.25) is 5.76 Å². The van der Waals surface area contributed by atoms with E-state index in [-0.39, 0.29) is 17.6 Å². The standard InChI is InChI=1S/C13H18N4O2/c1-7(2)11-5-12(19-17-11)13(18)14-6-10-8(3)15-16-9(10)4/h5,7H,6H2,1-4H3,(H,14,18)(H,15,16). The average Bonchev–Trinajstić information content (AvgIpc) is 2.95. The number of rotatable bonds is 4. The van der Waals surface area contributed by atoms with Gasteiger partial charge in [0.25, 0.3) is 5.91 Å². The van der Waals surface area contributed by atoms with Crippen LogP contribution in [-0.2, 0) is 6.54 Å². The van der Waals surface area contributed by atoms with E-state index in [9.17, 15) is 4.79 Å². The number of carbonyl (C=O) groups is 1. The highest BCUT2D eigenvalue weighted by Gasteiger charge is 2.15. The van der Waals surface area contributed by atoms with Gasteiger partial charge in [-0.25, -0.2) is 0 Å². The molecule has 0 unspecified atom stereocenters. The number of nitrogens with one attached hydrogen (secondary N) is 2. The van der Waals surface area contributed by atoms with E-state index in [1.165, 1.54) is 0 Å². The molecule has 0 aliphatic carbocycles. The molecular formula is C13H18N4O2. The van der Waals surface area contributed by atoms with Crippen molar-refractivity contribution in [2.45, 2.75) is 40.2 Å². The molecule has 6 heteroatoms. The summed E-state index contributed by atoms with van der Waals surface area (Å²) in [5.74, 6) is 0.213. The summed E-state index contributed by atoms with van der Waals surface area (Å²) in [5, 5.41) is 13.6. The van der Waals surface area contributed by atoms with Crippen molar-refractivity contribution in [2.24, 2.45) is 0 Å². The first kappa shape index (κ1) is 13.3. The van der Waals surface area contributed by atoms with Crippen LogP contribution in [0, 0.1) is 13.8 Å². The van der Waals surface area contributed by atoms with E-state index in [4.69, 9.17) is 4.52 Å². The van der Waals surface area contributed by atoms with Crippen LogP contribution in [0.25, 0.3) is 0 Å². The number of aromatic nitrogens is 3.